The lowest BCUT2D eigenvalue weighted by molar-refractivity contribution is -0.120. The number of hydrogen-bond acceptors (Lipinski definition) is 2. The molecule has 1 rings (SSSR count). The van der Waals surface area contributed by atoms with Crippen LogP contribution in [0.5, 0.6) is 0 Å². The van der Waals surface area contributed by atoms with Gasteiger partial charge in [-0.25, -0.2) is 0 Å². The van der Waals surface area contributed by atoms with Gasteiger partial charge >= 0.3 is 0 Å². The lowest BCUT2D eigenvalue weighted by Gasteiger charge is -2.07. The fraction of sp³-hybridized carbons (Fsp3) is 0.909. The maximum atomic E-state index is 10.9. The summed E-state index contributed by atoms with van der Waals surface area (Å²) in [6, 6.07) is 0. The Balaban J connectivity index is 1.86. The van der Waals surface area contributed by atoms with E-state index in [9.17, 15) is 4.79 Å². The van der Waals surface area contributed by atoms with Crippen LogP contribution in [0.2, 0.25) is 0 Å². The van der Waals surface area contributed by atoms with Gasteiger partial charge in [-0.2, -0.15) is 0 Å². The van der Waals surface area contributed by atoms with Crippen molar-refractivity contribution >= 4 is 5.91 Å². The molecule has 1 heterocycles. The van der Waals surface area contributed by atoms with Gasteiger partial charge in [0.25, 0.3) is 0 Å². The van der Waals surface area contributed by atoms with Crippen molar-refractivity contribution in [2.75, 3.05) is 19.6 Å². The zero-order valence-corrected chi connectivity index (χ0v) is 9.14. The van der Waals surface area contributed by atoms with Gasteiger partial charge in [-0.1, -0.05) is 13.3 Å². The predicted octanol–water partition coefficient (Wildman–Crippen LogP) is 1.29. The molecule has 1 saturated heterocycles. The third-order valence-corrected chi connectivity index (χ3v) is 2.84. The standard InChI is InChI=1S/C11H22N2O/c1-2-11(14)13-7-4-3-5-10-6-8-12-9-10/h10,12H,2-9H2,1H3,(H,13,14). The summed E-state index contributed by atoms with van der Waals surface area (Å²) >= 11 is 0. The fourth-order valence-corrected chi connectivity index (χ4v) is 1.87. The van der Waals surface area contributed by atoms with E-state index >= 15 is 0 Å². The van der Waals surface area contributed by atoms with Crippen molar-refractivity contribution in [3.05, 3.63) is 0 Å². The van der Waals surface area contributed by atoms with Gasteiger partial charge in [-0.15, -0.1) is 0 Å². The molecular formula is C11H22N2O. The summed E-state index contributed by atoms with van der Waals surface area (Å²) in [5.41, 5.74) is 0. The molecule has 3 nitrogen and oxygen atoms in total. The van der Waals surface area contributed by atoms with E-state index in [0.717, 1.165) is 18.9 Å². The molecule has 0 aromatic heterocycles. The highest BCUT2D eigenvalue weighted by Crippen LogP contribution is 2.14. The Morgan fingerprint density at radius 3 is 3.00 bits per heavy atom. The molecule has 0 aromatic carbocycles. The number of nitrogens with one attached hydrogen (secondary N) is 2. The molecule has 1 aliphatic rings. The second-order valence-corrected chi connectivity index (χ2v) is 4.06. The Morgan fingerprint density at radius 1 is 1.50 bits per heavy atom. The number of carbonyl (C=O) groups excluding carboxylic acids is 1. The average Bonchev–Trinajstić information content (AvgIpc) is 2.69. The zero-order chi connectivity index (χ0) is 10.2. The Kier molecular flexibility index (Phi) is 5.60. The normalized spacial score (nSPS) is 21.1. The van der Waals surface area contributed by atoms with Gasteiger partial charge in [-0.3, -0.25) is 4.79 Å². The molecule has 0 radical (unpaired) electrons. The van der Waals surface area contributed by atoms with Crippen LogP contribution in [0.15, 0.2) is 0 Å². The lowest BCUT2D eigenvalue weighted by atomic mass is 10.0. The van der Waals surface area contributed by atoms with E-state index in [1.165, 1.54) is 32.4 Å². The van der Waals surface area contributed by atoms with Crippen LogP contribution < -0.4 is 10.6 Å². The van der Waals surface area contributed by atoms with Gasteiger partial charge in [0.05, 0.1) is 0 Å². The molecule has 14 heavy (non-hydrogen) atoms. The summed E-state index contributed by atoms with van der Waals surface area (Å²) in [4.78, 5) is 10.9. The van der Waals surface area contributed by atoms with E-state index in [-0.39, 0.29) is 5.91 Å². The first-order valence-electron chi connectivity index (χ1n) is 5.80. The molecule has 1 fully saturated rings. The van der Waals surface area contributed by atoms with E-state index < -0.39 is 0 Å². The van der Waals surface area contributed by atoms with E-state index in [1.54, 1.807) is 0 Å². The third kappa shape index (κ3) is 4.61. The predicted molar refractivity (Wildman–Crippen MR) is 58.1 cm³/mol. The van der Waals surface area contributed by atoms with Gasteiger partial charge in [-0.05, 0) is 38.3 Å². The first-order chi connectivity index (χ1) is 6.83. The highest BCUT2D eigenvalue weighted by Gasteiger charge is 2.13. The first kappa shape index (κ1) is 11.5. The minimum absolute atomic E-state index is 0.174. The van der Waals surface area contributed by atoms with Crippen LogP contribution in [-0.2, 0) is 4.79 Å². The summed E-state index contributed by atoms with van der Waals surface area (Å²) in [5.74, 6) is 1.06. The first-order valence-corrected chi connectivity index (χ1v) is 5.80. The van der Waals surface area contributed by atoms with Crippen LogP contribution in [0.3, 0.4) is 0 Å². The largest absolute Gasteiger partial charge is 0.356 e. The van der Waals surface area contributed by atoms with Gasteiger partial charge in [0.1, 0.15) is 0 Å². The minimum atomic E-state index is 0.174. The number of rotatable bonds is 6. The summed E-state index contributed by atoms with van der Waals surface area (Å²) in [6.07, 6.45) is 5.63. The summed E-state index contributed by atoms with van der Waals surface area (Å²) in [6.45, 7) is 5.13. The molecule has 1 atom stereocenters. The van der Waals surface area contributed by atoms with Crippen LogP contribution in [0.4, 0.5) is 0 Å². The number of unbranched alkanes of at least 4 members (excludes halogenated alkanes) is 1. The van der Waals surface area contributed by atoms with Crippen LogP contribution >= 0.6 is 0 Å². The summed E-state index contributed by atoms with van der Waals surface area (Å²) in [5, 5.41) is 6.27. The van der Waals surface area contributed by atoms with E-state index in [0.29, 0.717) is 6.42 Å². The Labute approximate surface area is 86.6 Å². The molecule has 0 saturated carbocycles. The maximum absolute atomic E-state index is 10.9. The van der Waals surface area contributed by atoms with Crippen molar-refractivity contribution in [1.82, 2.24) is 10.6 Å². The fourth-order valence-electron chi connectivity index (χ4n) is 1.87. The van der Waals surface area contributed by atoms with E-state index in [1.807, 2.05) is 6.92 Å². The molecule has 0 spiro atoms. The van der Waals surface area contributed by atoms with Gasteiger partial charge in [0.2, 0.25) is 5.91 Å². The molecule has 0 bridgehead atoms. The molecule has 1 aliphatic heterocycles. The van der Waals surface area contributed by atoms with Crippen LogP contribution in [0, 0.1) is 5.92 Å². The third-order valence-electron chi connectivity index (χ3n) is 2.84. The Hall–Kier alpha value is -0.570. The number of hydrogen-bond donors (Lipinski definition) is 2. The molecule has 2 N–H and O–H groups in total. The van der Waals surface area contributed by atoms with Crippen molar-refractivity contribution in [1.29, 1.82) is 0 Å². The van der Waals surface area contributed by atoms with Crippen LogP contribution in [0.25, 0.3) is 0 Å². The molecule has 1 amide bonds. The molecule has 0 aliphatic carbocycles. The van der Waals surface area contributed by atoms with Crippen LogP contribution in [0.1, 0.15) is 39.0 Å². The smallest absolute Gasteiger partial charge is 0.219 e. The van der Waals surface area contributed by atoms with Crippen molar-refractivity contribution in [2.24, 2.45) is 5.92 Å². The van der Waals surface area contributed by atoms with E-state index in [2.05, 4.69) is 10.6 Å². The SMILES string of the molecule is CCC(=O)NCCCCC1CCNC1. The Morgan fingerprint density at radius 2 is 2.36 bits per heavy atom. The van der Waals surface area contributed by atoms with Gasteiger partial charge < -0.3 is 10.6 Å². The molecule has 0 aromatic rings. The second-order valence-electron chi connectivity index (χ2n) is 4.06. The lowest BCUT2D eigenvalue weighted by Crippen LogP contribution is -2.23. The minimum Gasteiger partial charge on any atom is -0.356 e. The number of carbonyl (C=O) groups is 1. The van der Waals surface area contributed by atoms with Crippen molar-refractivity contribution in [2.45, 2.75) is 39.0 Å². The maximum Gasteiger partial charge on any atom is 0.219 e. The molecular weight excluding hydrogens is 176 g/mol. The molecule has 3 heteroatoms. The topological polar surface area (TPSA) is 41.1 Å². The highest BCUT2D eigenvalue weighted by atomic mass is 16.1. The van der Waals surface area contributed by atoms with Crippen molar-refractivity contribution in [3.8, 4) is 0 Å². The van der Waals surface area contributed by atoms with Crippen LogP contribution in [-0.4, -0.2) is 25.5 Å². The monoisotopic (exact) mass is 198 g/mol. The van der Waals surface area contributed by atoms with Gasteiger partial charge in [0.15, 0.2) is 0 Å². The van der Waals surface area contributed by atoms with Gasteiger partial charge in [0, 0.05) is 13.0 Å². The molecule has 82 valence electrons. The highest BCUT2D eigenvalue weighted by molar-refractivity contribution is 5.75. The average molecular weight is 198 g/mol. The summed E-state index contributed by atoms with van der Waals surface area (Å²) in [7, 11) is 0. The molecule has 1 unspecified atom stereocenters. The van der Waals surface area contributed by atoms with Crippen molar-refractivity contribution in [3.63, 3.8) is 0 Å². The summed E-state index contributed by atoms with van der Waals surface area (Å²) < 4.78 is 0. The quantitative estimate of drug-likeness (QED) is 0.631. The Bertz CT molecular complexity index is 165. The van der Waals surface area contributed by atoms with E-state index in [4.69, 9.17) is 0 Å². The zero-order valence-electron chi connectivity index (χ0n) is 9.14. The second kappa shape index (κ2) is 6.82. The number of amides is 1. The van der Waals surface area contributed by atoms with Crippen molar-refractivity contribution < 1.29 is 4.79 Å².